The van der Waals surface area contributed by atoms with Crippen LogP contribution in [0.3, 0.4) is 0 Å². The van der Waals surface area contributed by atoms with Crippen LogP contribution in [0.2, 0.25) is 0 Å². The van der Waals surface area contributed by atoms with Gasteiger partial charge in [0.05, 0.1) is 6.61 Å². The van der Waals surface area contributed by atoms with E-state index in [2.05, 4.69) is 32.6 Å². The van der Waals surface area contributed by atoms with Crippen LogP contribution in [-0.2, 0) is 0 Å². The zero-order valence-corrected chi connectivity index (χ0v) is 15.0. The Labute approximate surface area is 149 Å². The highest BCUT2D eigenvalue weighted by Crippen LogP contribution is 2.42. The second-order valence-electron chi connectivity index (χ2n) is 6.02. The van der Waals surface area contributed by atoms with E-state index in [0.29, 0.717) is 13.2 Å². The molecule has 1 aliphatic rings. The van der Waals surface area contributed by atoms with E-state index < -0.39 is 0 Å². The summed E-state index contributed by atoms with van der Waals surface area (Å²) < 4.78 is 22.5. The predicted molar refractivity (Wildman–Crippen MR) is 98.1 cm³/mol. The van der Waals surface area contributed by atoms with Crippen molar-refractivity contribution in [3.8, 4) is 23.0 Å². The molecule has 25 heavy (non-hydrogen) atoms. The van der Waals surface area contributed by atoms with E-state index in [9.17, 15) is 0 Å². The maximum absolute atomic E-state index is 5.87. The summed E-state index contributed by atoms with van der Waals surface area (Å²) in [5.74, 6) is 3.34. The van der Waals surface area contributed by atoms with Crippen molar-refractivity contribution in [3.63, 3.8) is 0 Å². The number of rotatable bonds is 7. The molecular formula is C21H24O4. The van der Waals surface area contributed by atoms with Gasteiger partial charge in [-0.15, -0.1) is 0 Å². The molecule has 0 aliphatic carbocycles. The van der Waals surface area contributed by atoms with Gasteiger partial charge in [-0.25, -0.2) is 0 Å². The number of hydrogen-bond donors (Lipinski definition) is 0. The van der Waals surface area contributed by atoms with Crippen molar-refractivity contribution in [2.75, 3.05) is 20.0 Å². The standard InChI is InChI=1S/C21H24O4/c1-5-9-23-19-12-21-20(24-13-25-21)11-17(19)15(4)16-7-8-18(22-6-2)14(3)10-16/h5,7-8,10-12,15H,1,6,9,13H2,2-4H3/t15-/m1/s1. The summed E-state index contributed by atoms with van der Waals surface area (Å²) in [7, 11) is 0. The molecule has 132 valence electrons. The quantitative estimate of drug-likeness (QED) is 0.676. The molecule has 4 heteroatoms. The van der Waals surface area contributed by atoms with Gasteiger partial charge in [0.15, 0.2) is 11.5 Å². The molecule has 0 fully saturated rings. The minimum atomic E-state index is 0.142. The molecule has 3 rings (SSSR count). The number of benzene rings is 2. The maximum atomic E-state index is 5.87. The fraction of sp³-hybridized carbons (Fsp3) is 0.333. The van der Waals surface area contributed by atoms with Crippen LogP contribution in [0, 0.1) is 6.92 Å². The number of ether oxygens (including phenoxy) is 4. The van der Waals surface area contributed by atoms with Gasteiger partial charge in [0.1, 0.15) is 18.1 Å². The summed E-state index contributed by atoms with van der Waals surface area (Å²) in [4.78, 5) is 0. The van der Waals surface area contributed by atoms with Crippen LogP contribution < -0.4 is 18.9 Å². The van der Waals surface area contributed by atoms with E-state index in [1.807, 2.05) is 25.1 Å². The molecule has 0 bridgehead atoms. The average Bonchev–Trinajstić information content (AvgIpc) is 3.07. The second kappa shape index (κ2) is 7.51. The Morgan fingerprint density at radius 2 is 1.88 bits per heavy atom. The van der Waals surface area contributed by atoms with Crippen LogP contribution in [0.1, 0.15) is 36.5 Å². The van der Waals surface area contributed by atoms with Gasteiger partial charge in [0, 0.05) is 17.5 Å². The van der Waals surface area contributed by atoms with E-state index in [1.165, 1.54) is 5.56 Å². The van der Waals surface area contributed by atoms with E-state index in [1.54, 1.807) is 6.08 Å². The molecule has 1 aliphatic heterocycles. The zero-order valence-electron chi connectivity index (χ0n) is 15.0. The molecule has 1 heterocycles. The summed E-state index contributed by atoms with van der Waals surface area (Å²) in [5, 5.41) is 0. The van der Waals surface area contributed by atoms with E-state index in [4.69, 9.17) is 18.9 Å². The number of fused-ring (bicyclic) bond motifs is 1. The number of aryl methyl sites for hydroxylation is 1. The minimum absolute atomic E-state index is 0.142. The van der Waals surface area contributed by atoms with Crippen LogP contribution in [0.15, 0.2) is 43.0 Å². The first-order chi connectivity index (χ1) is 12.1. The molecule has 4 nitrogen and oxygen atoms in total. The lowest BCUT2D eigenvalue weighted by molar-refractivity contribution is 0.174. The Kier molecular flexibility index (Phi) is 5.17. The van der Waals surface area contributed by atoms with Gasteiger partial charge in [0.2, 0.25) is 6.79 Å². The van der Waals surface area contributed by atoms with Gasteiger partial charge in [-0.2, -0.15) is 0 Å². The Balaban J connectivity index is 1.96. The Morgan fingerprint density at radius 3 is 2.56 bits per heavy atom. The van der Waals surface area contributed by atoms with Gasteiger partial charge in [-0.1, -0.05) is 31.7 Å². The topological polar surface area (TPSA) is 36.9 Å². The highest BCUT2D eigenvalue weighted by molar-refractivity contribution is 5.55. The van der Waals surface area contributed by atoms with Crippen molar-refractivity contribution in [1.82, 2.24) is 0 Å². The number of hydrogen-bond acceptors (Lipinski definition) is 4. The van der Waals surface area contributed by atoms with Crippen molar-refractivity contribution in [2.45, 2.75) is 26.7 Å². The lowest BCUT2D eigenvalue weighted by Gasteiger charge is -2.19. The maximum Gasteiger partial charge on any atom is 0.231 e. The molecule has 0 saturated heterocycles. The SMILES string of the molecule is C=CCOc1cc2c(cc1[C@H](C)c1ccc(OCC)c(C)c1)OCO2. The molecule has 2 aromatic carbocycles. The molecule has 1 atom stereocenters. The summed E-state index contributed by atoms with van der Waals surface area (Å²) >= 11 is 0. The molecule has 0 aromatic heterocycles. The smallest absolute Gasteiger partial charge is 0.231 e. The largest absolute Gasteiger partial charge is 0.494 e. The Bertz CT molecular complexity index is 767. The molecule has 0 unspecified atom stereocenters. The zero-order chi connectivity index (χ0) is 17.8. The molecule has 0 amide bonds. The molecule has 2 aromatic rings. The van der Waals surface area contributed by atoms with Gasteiger partial charge < -0.3 is 18.9 Å². The third-order valence-corrected chi connectivity index (χ3v) is 4.33. The van der Waals surface area contributed by atoms with Crippen LogP contribution in [0.4, 0.5) is 0 Å². The van der Waals surface area contributed by atoms with E-state index in [-0.39, 0.29) is 12.7 Å². The first kappa shape index (κ1) is 17.2. The van der Waals surface area contributed by atoms with Crippen molar-refractivity contribution in [1.29, 1.82) is 0 Å². The Morgan fingerprint density at radius 1 is 1.12 bits per heavy atom. The van der Waals surface area contributed by atoms with Crippen molar-refractivity contribution in [2.24, 2.45) is 0 Å². The molecule has 0 N–H and O–H groups in total. The van der Waals surface area contributed by atoms with Gasteiger partial charge in [-0.05, 0) is 37.1 Å². The van der Waals surface area contributed by atoms with Crippen LogP contribution in [-0.4, -0.2) is 20.0 Å². The van der Waals surface area contributed by atoms with Crippen LogP contribution >= 0.6 is 0 Å². The average molecular weight is 340 g/mol. The third-order valence-electron chi connectivity index (χ3n) is 4.33. The third kappa shape index (κ3) is 3.58. The predicted octanol–water partition coefficient (Wildman–Crippen LogP) is 4.84. The monoisotopic (exact) mass is 340 g/mol. The Hall–Kier alpha value is -2.62. The van der Waals surface area contributed by atoms with Crippen molar-refractivity contribution < 1.29 is 18.9 Å². The minimum Gasteiger partial charge on any atom is -0.494 e. The first-order valence-electron chi connectivity index (χ1n) is 8.54. The second-order valence-corrected chi connectivity index (χ2v) is 6.02. The summed E-state index contributed by atoms with van der Waals surface area (Å²) in [6.07, 6.45) is 1.74. The first-order valence-corrected chi connectivity index (χ1v) is 8.54. The van der Waals surface area contributed by atoms with E-state index in [0.717, 1.165) is 34.1 Å². The van der Waals surface area contributed by atoms with Crippen LogP contribution in [0.25, 0.3) is 0 Å². The van der Waals surface area contributed by atoms with Gasteiger partial charge in [0.25, 0.3) is 0 Å². The van der Waals surface area contributed by atoms with Crippen molar-refractivity contribution >= 4 is 0 Å². The summed E-state index contributed by atoms with van der Waals surface area (Å²) in [5.41, 5.74) is 3.39. The highest BCUT2D eigenvalue weighted by Gasteiger charge is 2.22. The molecule has 0 radical (unpaired) electrons. The molecule has 0 saturated carbocycles. The lowest BCUT2D eigenvalue weighted by Crippen LogP contribution is -2.03. The van der Waals surface area contributed by atoms with Gasteiger partial charge in [-0.3, -0.25) is 0 Å². The van der Waals surface area contributed by atoms with E-state index >= 15 is 0 Å². The summed E-state index contributed by atoms with van der Waals surface area (Å²) in [6, 6.07) is 10.2. The summed E-state index contributed by atoms with van der Waals surface area (Å²) in [6.45, 7) is 11.3. The normalized spacial score (nSPS) is 13.4. The van der Waals surface area contributed by atoms with Crippen molar-refractivity contribution in [3.05, 3.63) is 59.7 Å². The fourth-order valence-electron chi connectivity index (χ4n) is 2.99. The lowest BCUT2D eigenvalue weighted by atomic mass is 9.91. The van der Waals surface area contributed by atoms with Gasteiger partial charge >= 0.3 is 0 Å². The molecule has 0 spiro atoms. The molecular weight excluding hydrogens is 316 g/mol. The van der Waals surface area contributed by atoms with Crippen LogP contribution in [0.5, 0.6) is 23.0 Å². The fourth-order valence-corrected chi connectivity index (χ4v) is 2.99. The highest BCUT2D eigenvalue weighted by atomic mass is 16.7.